The van der Waals surface area contributed by atoms with Gasteiger partial charge in [0.2, 0.25) is 5.88 Å². The smallest absolute Gasteiger partial charge is 0.213 e. The molecule has 0 amide bonds. The molecule has 100 valence electrons. The summed E-state index contributed by atoms with van der Waals surface area (Å²) in [6.07, 6.45) is 2.63. The van der Waals surface area contributed by atoms with E-state index in [1.807, 2.05) is 6.07 Å². The van der Waals surface area contributed by atoms with Gasteiger partial charge in [-0.3, -0.25) is 0 Å². The van der Waals surface area contributed by atoms with Gasteiger partial charge in [-0.25, -0.2) is 9.37 Å². The van der Waals surface area contributed by atoms with Crippen LogP contribution in [0.15, 0.2) is 42.6 Å². The van der Waals surface area contributed by atoms with Crippen LogP contribution >= 0.6 is 0 Å². The van der Waals surface area contributed by atoms with Crippen molar-refractivity contribution in [3.8, 4) is 5.88 Å². The monoisotopic (exact) mass is 260 g/mol. The molecule has 0 aliphatic carbocycles. The third-order valence-corrected chi connectivity index (χ3v) is 2.97. The Labute approximate surface area is 112 Å². The predicted molar refractivity (Wildman–Crippen MR) is 73.8 cm³/mol. The van der Waals surface area contributed by atoms with Crippen LogP contribution < -0.4 is 10.1 Å². The molecule has 0 radical (unpaired) electrons. The fourth-order valence-electron chi connectivity index (χ4n) is 1.90. The number of hydrogen-bond acceptors (Lipinski definition) is 3. The van der Waals surface area contributed by atoms with E-state index in [0.29, 0.717) is 5.88 Å². The zero-order valence-electron chi connectivity index (χ0n) is 11.1. The second-order valence-electron chi connectivity index (χ2n) is 4.25. The third kappa shape index (κ3) is 3.44. The van der Waals surface area contributed by atoms with Crippen LogP contribution in [0.1, 0.15) is 24.9 Å². The lowest BCUT2D eigenvalue weighted by molar-refractivity contribution is 0.398. The number of benzene rings is 1. The second kappa shape index (κ2) is 6.18. The van der Waals surface area contributed by atoms with Crippen molar-refractivity contribution in [3.05, 3.63) is 54.0 Å². The minimum Gasteiger partial charge on any atom is -0.481 e. The van der Waals surface area contributed by atoms with Crippen LogP contribution in [0.4, 0.5) is 10.1 Å². The van der Waals surface area contributed by atoms with Gasteiger partial charge in [0.05, 0.1) is 25.0 Å². The summed E-state index contributed by atoms with van der Waals surface area (Å²) in [5.41, 5.74) is 1.97. The Kier molecular flexibility index (Phi) is 4.34. The molecule has 0 aliphatic heterocycles. The van der Waals surface area contributed by atoms with Crippen molar-refractivity contribution in [1.82, 2.24) is 4.98 Å². The Morgan fingerprint density at radius 3 is 2.47 bits per heavy atom. The topological polar surface area (TPSA) is 34.1 Å². The van der Waals surface area contributed by atoms with Crippen LogP contribution in [0.3, 0.4) is 0 Å². The Bertz CT molecular complexity index is 511. The van der Waals surface area contributed by atoms with Crippen molar-refractivity contribution in [2.24, 2.45) is 0 Å². The number of nitrogens with one attached hydrogen (secondary N) is 1. The quantitative estimate of drug-likeness (QED) is 0.888. The first-order valence-corrected chi connectivity index (χ1v) is 6.25. The number of methoxy groups -OCH3 is 1. The molecule has 2 aromatic rings. The fourth-order valence-corrected chi connectivity index (χ4v) is 1.90. The molecule has 1 atom stereocenters. The summed E-state index contributed by atoms with van der Waals surface area (Å²) in [5.74, 6) is 0.366. The van der Waals surface area contributed by atoms with Gasteiger partial charge in [0.1, 0.15) is 5.82 Å². The minimum absolute atomic E-state index is 0.135. The highest BCUT2D eigenvalue weighted by atomic mass is 19.1. The number of nitrogens with zero attached hydrogens (tertiary/aromatic N) is 1. The van der Waals surface area contributed by atoms with Gasteiger partial charge < -0.3 is 10.1 Å². The summed E-state index contributed by atoms with van der Waals surface area (Å²) in [6.45, 7) is 2.08. The molecule has 1 heterocycles. The van der Waals surface area contributed by atoms with E-state index in [1.54, 1.807) is 31.5 Å². The van der Waals surface area contributed by atoms with E-state index in [4.69, 9.17) is 4.74 Å². The average molecular weight is 260 g/mol. The van der Waals surface area contributed by atoms with E-state index < -0.39 is 0 Å². The molecule has 0 spiro atoms. The maximum atomic E-state index is 12.9. The molecule has 0 saturated heterocycles. The lowest BCUT2D eigenvalue weighted by atomic mass is 10.0. The fraction of sp³-hybridized carbons (Fsp3) is 0.267. The van der Waals surface area contributed by atoms with Gasteiger partial charge in [0.15, 0.2) is 0 Å². The highest BCUT2D eigenvalue weighted by molar-refractivity contribution is 5.44. The summed E-state index contributed by atoms with van der Waals surface area (Å²) in [7, 11) is 1.59. The van der Waals surface area contributed by atoms with Gasteiger partial charge in [-0.2, -0.15) is 0 Å². The first-order chi connectivity index (χ1) is 9.22. The van der Waals surface area contributed by atoms with E-state index in [1.165, 1.54) is 12.1 Å². The summed E-state index contributed by atoms with van der Waals surface area (Å²) in [6, 6.07) is 10.4. The summed E-state index contributed by atoms with van der Waals surface area (Å²) < 4.78 is 17.9. The first kappa shape index (κ1) is 13.3. The Balaban J connectivity index is 2.11. The van der Waals surface area contributed by atoms with Gasteiger partial charge in [0, 0.05) is 6.07 Å². The van der Waals surface area contributed by atoms with Crippen molar-refractivity contribution in [1.29, 1.82) is 0 Å². The van der Waals surface area contributed by atoms with Crippen LogP contribution in [0.2, 0.25) is 0 Å². The molecule has 0 fully saturated rings. The van der Waals surface area contributed by atoms with Gasteiger partial charge >= 0.3 is 0 Å². The molecule has 0 saturated carbocycles. The van der Waals surface area contributed by atoms with E-state index in [0.717, 1.165) is 17.7 Å². The maximum absolute atomic E-state index is 12.9. The summed E-state index contributed by atoms with van der Waals surface area (Å²) >= 11 is 0. The number of pyridine rings is 1. The molecule has 0 aliphatic rings. The van der Waals surface area contributed by atoms with Crippen molar-refractivity contribution in [3.63, 3.8) is 0 Å². The van der Waals surface area contributed by atoms with Crippen molar-refractivity contribution >= 4 is 5.69 Å². The molecule has 1 aromatic carbocycles. The van der Waals surface area contributed by atoms with E-state index in [2.05, 4.69) is 17.2 Å². The molecule has 1 N–H and O–H groups in total. The highest BCUT2D eigenvalue weighted by Gasteiger charge is 2.09. The Hall–Kier alpha value is -2.10. The largest absolute Gasteiger partial charge is 0.481 e. The SMILES string of the molecule is CCC(Nc1ccc(OC)nc1)c1ccc(F)cc1. The maximum Gasteiger partial charge on any atom is 0.213 e. The zero-order valence-corrected chi connectivity index (χ0v) is 11.1. The van der Waals surface area contributed by atoms with E-state index in [9.17, 15) is 4.39 Å². The number of ether oxygens (including phenoxy) is 1. The molecular formula is C15H17FN2O. The summed E-state index contributed by atoms with van der Waals surface area (Å²) in [5, 5.41) is 3.38. The van der Waals surface area contributed by atoms with Crippen molar-refractivity contribution in [2.45, 2.75) is 19.4 Å². The average Bonchev–Trinajstić information content (AvgIpc) is 2.46. The van der Waals surface area contributed by atoms with E-state index in [-0.39, 0.29) is 11.9 Å². The van der Waals surface area contributed by atoms with Gasteiger partial charge in [-0.1, -0.05) is 19.1 Å². The third-order valence-electron chi connectivity index (χ3n) is 2.97. The second-order valence-corrected chi connectivity index (χ2v) is 4.25. The first-order valence-electron chi connectivity index (χ1n) is 6.25. The molecule has 1 aromatic heterocycles. The lowest BCUT2D eigenvalue weighted by Gasteiger charge is -2.18. The van der Waals surface area contributed by atoms with E-state index >= 15 is 0 Å². The highest BCUT2D eigenvalue weighted by Crippen LogP contribution is 2.23. The molecule has 2 rings (SSSR count). The number of hydrogen-bond donors (Lipinski definition) is 1. The normalized spacial score (nSPS) is 11.9. The van der Waals surface area contributed by atoms with Gasteiger partial charge in [-0.15, -0.1) is 0 Å². The van der Waals surface area contributed by atoms with Crippen LogP contribution in [0, 0.1) is 5.82 Å². The minimum atomic E-state index is -0.218. The lowest BCUT2D eigenvalue weighted by Crippen LogP contribution is -2.09. The van der Waals surface area contributed by atoms with Crippen LogP contribution in [-0.4, -0.2) is 12.1 Å². The molecule has 0 bridgehead atoms. The molecule has 3 nitrogen and oxygen atoms in total. The Morgan fingerprint density at radius 1 is 1.21 bits per heavy atom. The van der Waals surface area contributed by atoms with Crippen LogP contribution in [0.5, 0.6) is 5.88 Å². The predicted octanol–water partition coefficient (Wildman–Crippen LogP) is 3.79. The van der Waals surface area contributed by atoms with Crippen LogP contribution in [0.25, 0.3) is 0 Å². The zero-order chi connectivity index (χ0) is 13.7. The summed E-state index contributed by atoms with van der Waals surface area (Å²) in [4.78, 5) is 4.15. The number of aromatic nitrogens is 1. The van der Waals surface area contributed by atoms with Crippen molar-refractivity contribution in [2.75, 3.05) is 12.4 Å². The number of anilines is 1. The standard InChI is InChI=1S/C15H17FN2O/c1-3-14(11-4-6-12(16)7-5-11)18-13-8-9-15(19-2)17-10-13/h4-10,14,18H,3H2,1-2H3. The molecule has 1 unspecified atom stereocenters. The van der Waals surface area contributed by atoms with Crippen molar-refractivity contribution < 1.29 is 9.13 Å². The molecule has 4 heteroatoms. The molecular weight excluding hydrogens is 243 g/mol. The number of rotatable bonds is 5. The van der Waals surface area contributed by atoms with Gasteiger partial charge in [-0.05, 0) is 30.2 Å². The Morgan fingerprint density at radius 2 is 1.95 bits per heavy atom. The molecule has 19 heavy (non-hydrogen) atoms. The van der Waals surface area contributed by atoms with Crippen LogP contribution in [-0.2, 0) is 0 Å². The van der Waals surface area contributed by atoms with Gasteiger partial charge in [0.25, 0.3) is 0 Å². The number of halogens is 1.